The maximum absolute atomic E-state index is 12.7. The first-order chi connectivity index (χ1) is 15.9. The number of carbonyl (C=O) groups excluding carboxylic acids is 1. The van der Waals surface area contributed by atoms with E-state index >= 15 is 0 Å². The molecule has 0 unspecified atom stereocenters. The van der Waals surface area contributed by atoms with Crippen molar-refractivity contribution < 1.29 is 4.79 Å². The molecule has 1 amide bonds. The number of fused-ring (bicyclic) bond motifs is 1. The summed E-state index contributed by atoms with van der Waals surface area (Å²) in [7, 11) is 2.20. The number of hydrogen-bond acceptors (Lipinski definition) is 6. The molecular formula is C25H32BrCl2N5OS. The lowest BCUT2D eigenvalue weighted by molar-refractivity contribution is 0.0952. The summed E-state index contributed by atoms with van der Waals surface area (Å²) in [5, 5.41) is 7.52. The summed E-state index contributed by atoms with van der Waals surface area (Å²) in [4.78, 5) is 25.5. The van der Waals surface area contributed by atoms with Crippen molar-refractivity contribution >= 4 is 74.0 Å². The van der Waals surface area contributed by atoms with Gasteiger partial charge in [0.2, 0.25) is 5.95 Å². The van der Waals surface area contributed by atoms with Crippen LogP contribution in [0, 0.1) is 5.41 Å². The summed E-state index contributed by atoms with van der Waals surface area (Å²) < 4.78 is 1.94. The Labute approximate surface area is 231 Å². The minimum absolute atomic E-state index is 0. The number of rotatable bonds is 7. The van der Waals surface area contributed by atoms with Gasteiger partial charge in [-0.05, 0) is 91.8 Å². The van der Waals surface area contributed by atoms with E-state index in [2.05, 4.69) is 62.6 Å². The molecule has 1 aliphatic heterocycles. The normalized spacial score (nSPS) is 17.3. The van der Waals surface area contributed by atoms with Gasteiger partial charge in [-0.2, -0.15) is 0 Å². The van der Waals surface area contributed by atoms with Crippen molar-refractivity contribution in [2.45, 2.75) is 45.1 Å². The van der Waals surface area contributed by atoms with Gasteiger partial charge in [0, 0.05) is 34.4 Å². The molecule has 1 aliphatic carbocycles. The van der Waals surface area contributed by atoms with Gasteiger partial charge in [-0.15, -0.1) is 36.2 Å². The van der Waals surface area contributed by atoms with E-state index in [1.54, 1.807) is 11.3 Å². The lowest BCUT2D eigenvalue weighted by Crippen LogP contribution is -2.37. The maximum Gasteiger partial charge on any atom is 0.252 e. The summed E-state index contributed by atoms with van der Waals surface area (Å²) in [6, 6.07) is 8.34. The molecule has 0 bridgehead atoms. The number of piperidine rings is 1. The topological polar surface area (TPSA) is 70.2 Å². The Kier molecular flexibility index (Phi) is 9.43. The van der Waals surface area contributed by atoms with Gasteiger partial charge >= 0.3 is 0 Å². The van der Waals surface area contributed by atoms with E-state index in [0.717, 1.165) is 56.5 Å². The van der Waals surface area contributed by atoms with E-state index in [9.17, 15) is 4.79 Å². The Morgan fingerprint density at radius 2 is 2.00 bits per heavy atom. The number of benzene rings is 1. The van der Waals surface area contributed by atoms with E-state index in [1.165, 1.54) is 25.9 Å². The van der Waals surface area contributed by atoms with Gasteiger partial charge < -0.3 is 15.5 Å². The Bertz CT molecular complexity index is 1180. The maximum atomic E-state index is 12.7. The highest BCUT2D eigenvalue weighted by Crippen LogP contribution is 2.38. The number of nitrogens with zero attached hydrogens (tertiary/aromatic N) is 3. The van der Waals surface area contributed by atoms with Gasteiger partial charge in [0.15, 0.2) is 0 Å². The molecule has 1 saturated heterocycles. The van der Waals surface area contributed by atoms with E-state index in [0.29, 0.717) is 17.4 Å². The standard InChI is InChI=1S/C25H30BrN5OS.2ClH/c1-25(9-12-31(2)13-10-25)8-11-27-24-28-15-19(26)22(30-24)21-14-18-17(4-3-5-20(18)33-21)23(32)29-16-6-7-16;;/h3-5,14-16H,6-13H2,1-2H3,(H,29,32)(H,27,28,30);2*1H. The molecular weight excluding hydrogens is 569 g/mol. The molecule has 6 nitrogen and oxygen atoms in total. The molecule has 2 fully saturated rings. The minimum Gasteiger partial charge on any atom is -0.354 e. The van der Waals surface area contributed by atoms with Crippen molar-refractivity contribution in [1.82, 2.24) is 20.2 Å². The highest BCUT2D eigenvalue weighted by molar-refractivity contribution is 9.10. The summed E-state index contributed by atoms with van der Waals surface area (Å²) >= 11 is 5.28. The molecule has 3 aromatic rings. The van der Waals surface area contributed by atoms with Crippen LogP contribution in [0.3, 0.4) is 0 Å². The van der Waals surface area contributed by atoms with Crippen LogP contribution in [-0.4, -0.2) is 53.5 Å². The zero-order valence-corrected chi connectivity index (χ0v) is 24.0. The van der Waals surface area contributed by atoms with Crippen molar-refractivity contribution in [2.24, 2.45) is 5.41 Å². The smallest absolute Gasteiger partial charge is 0.252 e. The van der Waals surface area contributed by atoms with Crippen molar-refractivity contribution in [3.63, 3.8) is 0 Å². The van der Waals surface area contributed by atoms with E-state index in [4.69, 9.17) is 4.98 Å². The van der Waals surface area contributed by atoms with Gasteiger partial charge in [-0.1, -0.05) is 13.0 Å². The van der Waals surface area contributed by atoms with Gasteiger partial charge in [0.05, 0.1) is 9.35 Å². The third-order valence-electron chi connectivity index (χ3n) is 6.90. The average molecular weight is 601 g/mol. The van der Waals surface area contributed by atoms with Crippen molar-refractivity contribution in [2.75, 3.05) is 32.0 Å². The van der Waals surface area contributed by atoms with Crippen molar-refractivity contribution in [3.8, 4) is 10.6 Å². The molecule has 2 aromatic heterocycles. The second kappa shape index (κ2) is 11.7. The fraction of sp³-hybridized carbons (Fsp3) is 0.480. The molecule has 0 radical (unpaired) electrons. The van der Waals surface area contributed by atoms with E-state index in [1.807, 2.05) is 18.3 Å². The van der Waals surface area contributed by atoms with Crippen LogP contribution in [0.5, 0.6) is 0 Å². The van der Waals surface area contributed by atoms with Crippen LogP contribution in [0.25, 0.3) is 20.7 Å². The van der Waals surface area contributed by atoms with E-state index in [-0.39, 0.29) is 30.7 Å². The number of likely N-dealkylation sites (tertiary alicyclic amines) is 1. The Balaban J connectivity index is 0.00000171. The molecule has 2 aliphatic rings. The van der Waals surface area contributed by atoms with Crippen LogP contribution < -0.4 is 10.6 Å². The number of hydrogen-bond donors (Lipinski definition) is 2. The zero-order chi connectivity index (χ0) is 23.0. The average Bonchev–Trinajstić information content (AvgIpc) is 3.51. The van der Waals surface area contributed by atoms with Crippen LogP contribution in [0.1, 0.15) is 49.4 Å². The van der Waals surface area contributed by atoms with Crippen molar-refractivity contribution in [1.29, 1.82) is 0 Å². The number of carbonyl (C=O) groups is 1. The predicted octanol–water partition coefficient (Wildman–Crippen LogP) is 6.39. The predicted molar refractivity (Wildman–Crippen MR) is 153 cm³/mol. The van der Waals surface area contributed by atoms with Crippen molar-refractivity contribution in [3.05, 3.63) is 40.5 Å². The molecule has 2 N–H and O–H groups in total. The first-order valence-corrected chi connectivity index (χ1v) is 13.3. The Hall–Kier alpha value is -1.45. The van der Waals surface area contributed by atoms with Crippen LogP contribution in [0.4, 0.5) is 5.95 Å². The van der Waals surface area contributed by atoms with Crippen LogP contribution in [-0.2, 0) is 0 Å². The van der Waals surface area contributed by atoms with E-state index < -0.39 is 0 Å². The first kappa shape index (κ1) is 28.1. The van der Waals surface area contributed by atoms with Crippen LogP contribution in [0.2, 0.25) is 0 Å². The van der Waals surface area contributed by atoms with Gasteiger partial charge in [0.1, 0.15) is 5.69 Å². The Morgan fingerprint density at radius 1 is 1.26 bits per heavy atom. The number of thiophene rings is 1. The Morgan fingerprint density at radius 3 is 2.71 bits per heavy atom. The van der Waals surface area contributed by atoms with Crippen LogP contribution in [0.15, 0.2) is 34.9 Å². The second-order valence-corrected chi connectivity index (χ2v) is 11.7. The molecule has 0 atom stereocenters. The number of amides is 1. The molecule has 35 heavy (non-hydrogen) atoms. The number of aromatic nitrogens is 2. The van der Waals surface area contributed by atoms with Crippen LogP contribution >= 0.6 is 52.1 Å². The number of anilines is 1. The highest BCUT2D eigenvalue weighted by Gasteiger charge is 2.28. The zero-order valence-electron chi connectivity index (χ0n) is 20.0. The SMILES string of the molecule is CN1CCC(C)(CCNc2ncc(Br)c(-c3cc4c(C(=O)NC5CC5)cccc4s3)n2)CC1.Cl.Cl. The largest absolute Gasteiger partial charge is 0.354 e. The first-order valence-electron chi connectivity index (χ1n) is 11.7. The molecule has 1 saturated carbocycles. The number of nitrogens with one attached hydrogen (secondary N) is 2. The third kappa shape index (κ3) is 6.66. The van der Waals surface area contributed by atoms with Gasteiger partial charge in [-0.3, -0.25) is 4.79 Å². The lowest BCUT2D eigenvalue weighted by atomic mass is 9.78. The second-order valence-electron chi connectivity index (χ2n) is 9.76. The summed E-state index contributed by atoms with van der Waals surface area (Å²) in [6.45, 7) is 5.59. The third-order valence-corrected chi connectivity index (χ3v) is 8.59. The molecule has 0 spiro atoms. The fourth-order valence-electron chi connectivity index (χ4n) is 4.38. The molecule has 5 rings (SSSR count). The lowest BCUT2D eigenvalue weighted by Gasteiger charge is -2.38. The molecule has 10 heteroatoms. The highest BCUT2D eigenvalue weighted by atomic mass is 79.9. The molecule has 3 heterocycles. The molecule has 190 valence electrons. The summed E-state index contributed by atoms with van der Waals surface area (Å²) in [5.41, 5.74) is 1.96. The summed E-state index contributed by atoms with van der Waals surface area (Å²) in [6.07, 6.45) is 7.55. The van der Waals surface area contributed by atoms with Gasteiger partial charge in [0.25, 0.3) is 5.91 Å². The fourth-order valence-corrected chi connectivity index (χ4v) is 6.00. The monoisotopic (exact) mass is 599 g/mol. The molecule has 1 aromatic carbocycles. The minimum atomic E-state index is 0. The van der Waals surface area contributed by atoms with Gasteiger partial charge in [-0.25, -0.2) is 9.97 Å². The number of halogens is 3. The summed E-state index contributed by atoms with van der Waals surface area (Å²) in [5.74, 6) is 0.660. The quantitative estimate of drug-likeness (QED) is 0.329.